The van der Waals surface area contributed by atoms with Gasteiger partial charge in [0.2, 0.25) is 5.91 Å². The van der Waals surface area contributed by atoms with Gasteiger partial charge in [-0.1, -0.05) is 17.7 Å². The van der Waals surface area contributed by atoms with Crippen LogP contribution in [0.15, 0.2) is 47.4 Å². The second kappa shape index (κ2) is 7.65. The Morgan fingerprint density at radius 3 is 2.38 bits per heavy atom. The second-order valence-corrected chi connectivity index (χ2v) is 7.16. The smallest absolute Gasteiger partial charge is 0.262 e. The van der Waals surface area contributed by atoms with Crippen molar-refractivity contribution in [1.29, 1.82) is 0 Å². The Morgan fingerprint density at radius 2 is 1.75 bits per heavy atom. The van der Waals surface area contributed by atoms with Crippen LogP contribution in [0.1, 0.15) is 5.56 Å². The highest BCUT2D eigenvalue weighted by Crippen LogP contribution is 2.23. The number of anilines is 2. The number of hydrogen-bond acceptors (Lipinski definition) is 4. The Labute approximate surface area is 145 Å². The first kappa shape index (κ1) is 18.3. The number of rotatable bonds is 6. The van der Waals surface area contributed by atoms with Gasteiger partial charge in [0.15, 0.2) is 0 Å². The van der Waals surface area contributed by atoms with Crippen molar-refractivity contribution >= 4 is 38.9 Å². The van der Waals surface area contributed by atoms with E-state index in [-0.39, 0.29) is 17.4 Å². The fraction of sp³-hybridized carbons (Fsp3) is 0.188. The minimum atomic E-state index is -3.75. The van der Waals surface area contributed by atoms with E-state index in [2.05, 4.69) is 10.0 Å². The Balaban J connectivity index is 2.15. The molecule has 2 aromatic carbocycles. The van der Waals surface area contributed by atoms with Gasteiger partial charge in [-0.3, -0.25) is 9.52 Å². The maximum absolute atomic E-state index is 12.5. The average molecular weight is 369 g/mol. The van der Waals surface area contributed by atoms with Gasteiger partial charge in [-0.15, -0.1) is 0 Å². The van der Waals surface area contributed by atoms with Crippen molar-refractivity contribution in [3.8, 4) is 0 Å². The lowest BCUT2D eigenvalue weighted by Gasteiger charge is -2.11. The van der Waals surface area contributed by atoms with Crippen LogP contribution in [-0.4, -0.2) is 28.0 Å². The Hall–Kier alpha value is -2.09. The number of hydrogen-bond donors (Lipinski definition) is 2. The maximum Gasteiger partial charge on any atom is 0.262 e. The number of aryl methyl sites for hydroxylation is 1. The van der Waals surface area contributed by atoms with Crippen LogP contribution in [-0.2, 0) is 19.6 Å². The monoisotopic (exact) mass is 368 g/mol. The molecule has 6 nitrogen and oxygen atoms in total. The molecular weight excluding hydrogens is 352 g/mol. The van der Waals surface area contributed by atoms with Crippen molar-refractivity contribution in [3.63, 3.8) is 0 Å². The molecule has 2 N–H and O–H groups in total. The predicted molar refractivity (Wildman–Crippen MR) is 93.9 cm³/mol. The van der Waals surface area contributed by atoms with Crippen molar-refractivity contribution in [3.05, 3.63) is 53.1 Å². The zero-order valence-corrected chi connectivity index (χ0v) is 14.7. The summed E-state index contributed by atoms with van der Waals surface area (Å²) in [5, 5.41) is 2.97. The quantitative estimate of drug-likeness (QED) is 0.820. The molecule has 24 heavy (non-hydrogen) atoms. The Bertz CT molecular complexity index is 836. The average Bonchev–Trinajstić information content (AvgIpc) is 2.51. The number of amides is 1. The van der Waals surface area contributed by atoms with Crippen LogP contribution in [0.5, 0.6) is 0 Å². The molecule has 0 atom stereocenters. The molecule has 0 heterocycles. The van der Waals surface area contributed by atoms with Crippen LogP contribution < -0.4 is 10.0 Å². The van der Waals surface area contributed by atoms with Crippen LogP contribution >= 0.6 is 11.6 Å². The molecule has 0 aliphatic rings. The number of carbonyl (C=O) groups is 1. The van der Waals surface area contributed by atoms with E-state index in [0.29, 0.717) is 22.0 Å². The van der Waals surface area contributed by atoms with Crippen molar-refractivity contribution in [2.45, 2.75) is 11.8 Å². The highest BCUT2D eigenvalue weighted by molar-refractivity contribution is 7.92. The number of halogens is 1. The summed E-state index contributed by atoms with van der Waals surface area (Å²) in [6.07, 6.45) is 0. The van der Waals surface area contributed by atoms with Crippen LogP contribution in [0.4, 0.5) is 11.4 Å². The SMILES string of the molecule is COCC(=O)Nc1ccc(NS(=O)(=O)c2cc(Cl)ccc2C)cc1. The summed E-state index contributed by atoms with van der Waals surface area (Å²) < 4.78 is 32.1. The largest absolute Gasteiger partial charge is 0.375 e. The lowest BCUT2D eigenvalue weighted by molar-refractivity contribution is -0.119. The number of ether oxygens (including phenoxy) is 1. The van der Waals surface area contributed by atoms with Gasteiger partial charge in [0.1, 0.15) is 6.61 Å². The molecule has 0 aliphatic carbocycles. The van der Waals surface area contributed by atoms with Crippen molar-refractivity contribution in [2.24, 2.45) is 0 Å². The van der Waals surface area contributed by atoms with E-state index in [1.54, 1.807) is 43.3 Å². The fourth-order valence-electron chi connectivity index (χ4n) is 2.02. The van der Waals surface area contributed by atoms with E-state index in [1.807, 2.05) is 0 Å². The standard InChI is InChI=1S/C16H17ClN2O4S/c1-11-3-4-12(17)9-15(11)24(21,22)19-14-7-5-13(6-8-14)18-16(20)10-23-2/h3-9,19H,10H2,1-2H3,(H,18,20). The summed E-state index contributed by atoms with van der Waals surface area (Å²) >= 11 is 5.88. The molecule has 8 heteroatoms. The summed E-state index contributed by atoms with van der Waals surface area (Å²) in [6.45, 7) is 1.64. The third kappa shape index (κ3) is 4.70. The molecular formula is C16H17ClN2O4S. The molecule has 0 bridgehead atoms. The second-order valence-electron chi connectivity index (χ2n) is 5.07. The third-order valence-corrected chi connectivity index (χ3v) is 4.89. The van der Waals surface area contributed by atoms with Gasteiger partial charge in [-0.05, 0) is 48.9 Å². The Kier molecular flexibility index (Phi) is 5.82. The van der Waals surface area contributed by atoms with Crippen LogP contribution in [0.3, 0.4) is 0 Å². The molecule has 0 saturated heterocycles. The minimum Gasteiger partial charge on any atom is -0.375 e. The lowest BCUT2D eigenvalue weighted by atomic mass is 10.2. The molecule has 0 aromatic heterocycles. The van der Waals surface area contributed by atoms with Crippen LogP contribution in [0.25, 0.3) is 0 Å². The molecule has 0 saturated carbocycles. The van der Waals surface area contributed by atoms with Gasteiger partial charge < -0.3 is 10.1 Å². The van der Waals surface area contributed by atoms with Gasteiger partial charge in [0, 0.05) is 23.5 Å². The zero-order chi connectivity index (χ0) is 17.7. The third-order valence-electron chi connectivity index (χ3n) is 3.14. The number of sulfonamides is 1. The van der Waals surface area contributed by atoms with E-state index < -0.39 is 10.0 Å². The molecule has 1 amide bonds. The first-order valence-corrected chi connectivity index (χ1v) is 8.86. The number of benzene rings is 2. The molecule has 0 aliphatic heterocycles. The molecule has 2 rings (SSSR count). The summed E-state index contributed by atoms with van der Waals surface area (Å²) in [5.74, 6) is -0.291. The fourth-order valence-corrected chi connectivity index (χ4v) is 3.59. The molecule has 0 fully saturated rings. The summed E-state index contributed by atoms with van der Waals surface area (Å²) in [4.78, 5) is 11.5. The summed E-state index contributed by atoms with van der Waals surface area (Å²) in [5.41, 5.74) is 1.51. The van der Waals surface area contributed by atoms with Crippen LogP contribution in [0, 0.1) is 6.92 Å². The van der Waals surface area contributed by atoms with E-state index in [0.717, 1.165) is 0 Å². The topological polar surface area (TPSA) is 84.5 Å². The minimum absolute atomic E-state index is 0.0532. The predicted octanol–water partition coefficient (Wildman–Crippen LogP) is 3.03. The maximum atomic E-state index is 12.5. The molecule has 0 unspecified atom stereocenters. The highest BCUT2D eigenvalue weighted by Gasteiger charge is 2.17. The van der Waals surface area contributed by atoms with E-state index in [1.165, 1.54) is 13.2 Å². The molecule has 0 radical (unpaired) electrons. The number of nitrogens with one attached hydrogen (secondary N) is 2. The van der Waals surface area contributed by atoms with E-state index >= 15 is 0 Å². The van der Waals surface area contributed by atoms with Crippen LogP contribution in [0.2, 0.25) is 5.02 Å². The molecule has 2 aromatic rings. The number of carbonyl (C=O) groups excluding carboxylic acids is 1. The van der Waals surface area contributed by atoms with Crippen molar-refractivity contribution in [2.75, 3.05) is 23.8 Å². The van der Waals surface area contributed by atoms with Crippen molar-refractivity contribution < 1.29 is 17.9 Å². The van der Waals surface area contributed by atoms with Gasteiger partial charge >= 0.3 is 0 Å². The highest BCUT2D eigenvalue weighted by atomic mass is 35.5. The van der Waals surface area contributed by atoms with Gasteiger partial charge in [-0.2, -0.15) is 0 Å². The summed E-state index contributed by atoms with van der Waals surface area (Å²) in [7, 11) is -2.33. The molecule has 128 valence electrons. The number of methoxy groups -OCH3 is 1. The van der Waals surface area contributed by atoms with Gasteiger partial charge in [-0.25, -0.2) is 8.42 Å². The van der Waals surface area contributed by atoms with E-state index in [9.17, 15) is 13.2 Å². The van der Waals surface area contributed by atoms with Gasteiger partial charge in [0.05, 0.1) is 4.90 Å². The normalized spacial score (nSPS) is 11.1. The van der Waals surface area contributed by atoms with E-state index in [4.69, 9.17) is 16.3 Å². The first-order chi connectivity index (χ1) is 11.3. The molecule has 0 spiro atoms. The first-order valence-electron chi connectivity index (χ1n) is 6.99. The van der Waals surface area contributed by atoms with Gasteiger partial charge in [0.25, 0.3) is 10.0 Å². The Morgan fingerprint density at radius 1 is 1.12 bits per heavy atom. The zero-order valence-electron chi connectivity index (χ0n) is 13.2. The van der Waals surface area contributed by atoms with Crippen molar-refractivity contribution in [1.82, 2.24) is 0 Å². The lowest BCUT2D eigenvalue weighted by Crippen LogP contribution is -2.17. The summed E-state index contributed by atoms with van der Waals surface area (Å²) in [6, 6.07) is 11.0.